The first-order chi connectivity index (χ1) is 31.8. The molecule has 0 bridgehead atoms. The lowest BCUT2D eigenvalue weighted by Crippen LogP contribution is -2.37. The number of hydrogen-bond acceptors (Lipinski definition) is 8. The molecule has 11 nitrogen and oxygen atoms in total. The predicted octanol–water partition coefficient (Wildman–Crippen LogP) is 11.5. The van der Waals surface area contributed by atoms with E-state index in [1.165, 1.54) is 23.5 Å². The van der Waals surface area contributed by atoms with Gasteiger partial charge in [0.25, 0.3) is 0 Å². The van der Waals surface area contributed by atoms with Gasteiger partial charge in [0.1, 0.15) is 15.7 Å². The van der Waals surface area contributed by atoms with Gasteiger partial charge < -0.3 is 23.2 Å². The van der Waals surface area contributed by atoms with Crippen LogP contribution in [0.15, 0.2) is 112 Å². The summed E-state index contributed by atoms with van der Waals surface area (Å²) in [7, 11) is 5.04. The molecule has 0 spiro atoms. The summed E-state index contributed by atoms with van der Waals surface area (Å²) in [5, 5.41) is 0. The van der Waals surface area contributed by atoms with Gasteiger partial charge in [0, 0.05) is 60.1 Å². The Hall–Kier alpha value is -4.66. The van der Waals surface area contributed by atoms with E-state index in [1.54, 1.807) is 18.2 Å². The number of sulfone groups is 1. The summed E-state index contributed by atoms with van der Waals surface area (Å²) >= 11 is 0. The van der Waals surface area contributed by atoms with Crippen molar-refractivity contribution < 1.29 is 44.5 Å². The molecule has 72 heavy (non-hydrogen) atoms. The number of aryl methyl sites for hydroxylation is 1. The second kappa shape index (κ2) is 22.8. The lowest BCUT2D eigenvalue weighted by molar-refractivity contribution is -0.871. The van der Waals surface area contributed by atoms with Gasteiger partial charge in [-0.15, -0.1) is 0 Å². The third-order valence-corrected chi connectivity index (χ3v) is 15.5. The molecule has 0 saturated heterocycles. The molecular formula is C59H90N4O7S2+2. The van der Waals surface area contributed by atoms with Crippen LogP contribution in [0.1, 0.15) is 132 Å². The van der Waals surface area contributed by atoms with Crippen LogP contribution in [0.5, 0.6) is 0 Å². The largest absolute Gasteiger partial charge is 0.744 e. The SMILES string of the molecule is C.C.C.CC(C)(C)OC(=O)CCc1ccc(C2=C(C=CC3=[N+](CCC[N+](C)(C)C)c4ccc(S(C)(=O)=O)cc4C3(C)C)CCCC2=CC=C2N(CCC[N+](C)(C)C)c3ccc(S(=O)(=O)[O-])cc3C2(C)C)cc1. The van der Waals surface area contributed by atoms with Crippen molar-refractivity contribution in [2.24, 2.45) is 0 Å². The number of quaternary nitrogens is 2. The van der Waals surface area contributed by atoms with Gasteiger partial charge in [0.15, 0.2) is 22.1 Å². The third-order valence-electron chi connectivity index (χ3n) is 13.6. The van der Waals surface area contributed by atoms with Crippen LogP contribution in [0.3, 0.4) is 0 Å². The molecule has 0 fully saturated rings. The number of hydrogen-bond donors (Lipinski definition) is 0. The number of nitrogens with zero attached hydrogens (tertiary/aromatic N) is 4. The Morgan fingerprint density at radius 3 is 1.96 bits per heavy atom. The number of anilines is 1. The second-order valence-corrected chi connectivity index (χ2v) is 26.8. The van der Waals surface area contributed by atoms with E-state index in [1.807, 2.05) is 32.9 Å². The fourth-order valence-electron chi connectivity index (χ4n) is 10.0. The van der Waals surface area contributed by atoms with Crippen molar-refractivity contribution in [3.63, 3.8) is 0 Å². The van der Waals surface area contributed by atoms with Gasteiger partial charge in [-0.1, -0.05) is 72.5 Å². The van der Waals surface area contributed by atoms with Crippen molar-refractivity contribution in [1.29, 1.82) is 0 Å². The number of esters is 1. The van der Waals surface area contributed by atoms with E-state index in [0.29, 0.717) is 11.3 Å². The molecule has 3 aliphatic rings. The molecule has 3 aromatic carbocycles. The van der Waals surface area contributed by atoms with Crippen LogP contribution < -0.4 is 4.90 Å². The van der Waals surface area contributed by atoms with Gasteiger partial charge in [-0.05, 0) is 130 Å². The molecule has 0 saturated carbocycles. The zero-order valence-electron chi connectivity index (χ0n) is 43.8. The lowest BCUT2D eigenvalue weighted by Gasteiger charge is -2.29. The summed E-state index contributed by atoms with van der Waals surface area (Å²) in [6, 6.07) is 18.9. The quantitative estimate of drug-likeness (QED) is 0.0567. The minimum Gasteiger partial charge on any atom is -0.744 e. The Bertz CT molecular complexity index is 2850. The number of fused-ring (bicyclic) bond motifs is 2. The molecule has 2 aliphatic heterocycles. The molecule has 6 rings (SSSR count). The molecule has 0 amide bonds. The molecule has 0 aromatic heterocycles. The highest BCUT2D eigenvalue weighted by atomic mass is 32.2. The lowest BCUT2D eigenvalue weighted by atomic mass is 9.79. The summed E-state index contributed by atoms with van der Waals surface area (Å²) in [5.74, 6) is -0.227. The van der Waals surface area contributed by atoms with E-state index < -0.39 is 36.4 Å². The fourth-order valence-corrected chi connectivity index (χ4v) is 11.2. The Kier molecular flexibility index (Phi) is 19.6. The number of rotatable bonds is 17. The first kappa shape index (κ1) is 61.6. The van der Waals surface area contributed by atoms with Crippen LogP contribution in [-0.4, -0.2) is 127 Å². The fraction of sp³-hybridized carbons (Fsp3) is 0.525. The number of carbonyl (C=O) groups excluding carboxylic acids is 1. The summed E-state index contributed by atoms with van der Waals surface area (Å²) in [4.78, 5) is 15.1. The van der Waals surface area contributed by atoms with Gasteiger partial charge in [-0.2, -0.15) is 4.58 Å². The Balaban J connectivity index is 0.00000456. The number of allylic oxidation sites excluding steroid dienone is 8. The normalized spacial score (nSPS) is 18.0. The summed E-state index contributed by atoms with van der Waals surface area (Å²) in [6.45, 7) is 17.6. The third kappa shape index (κ3) is 14.8. The number of benzene rings is 3. The molecule has 398 valence electrons. The van der Waals surface area contributed by atoms with Crippen LogP contribution in [0.2, 0.25) is 0 Å². The van der Waals surface area contributed by atoms with E-state index in [4.69, 9.17) is 4.74 Å². The molecule has 0 atom stereocenters. The van der Waals surface area contributed by atoms with E-state index >= 15 is 0 Å². The van der Waals surface area contributed by atoms with Crippen LogP contribution >= 0.6 is 0 Å². The van der Waals surface area contributed by atoms with Crippen LogP contribution in [-0.2, 0) is 46.7 Å². The standard InChI is InChI=1S/C56H78N4O7S2.3CH4/c1-54(2,3)67-52(61)33-22-40-20-23-43(24-21-40)53-41(25-31-50-55(4,5)46-38-44(68(14,62)63)27-29-48(46)57(50)34-16-36-59(8,9)10)18-15-19-42(53)26-32-51-56(6,7)47-39-45(69(64,65)66)28-30-49(47)58(51)35-17-37-60(11,12)13;;;/h20-21,23-32,38-39H,15-19,22,33-37H2,1-14H3;3*1H4/q+2;;;. The zero-order valence-corrected chi connectivity index (χ0v) is 45.5. The summed E-state index contributed by atoms with van der Waals surface area (Å²) < 4.78 is 72.2. The maximum atomic E-state index is 12.8. The molecule has 1 aliphatic carbocycles. The predicted molar refractivity (Wildman–Crippen MR) is 299 cm³/mol. The molecule has 0 N–H and O–H groups in total. The second-order valence-electron chi connectivity index (χ2n) is 23.4. The maximum Gasteiger partial charge on any atom is 0.306 e. The van der Waals surface area contributed by atoms with Gasteiger partial charge in [-0.3, -0.25) is 4.79 Å². The van der Waals surface area contributed by atoms with Crippen molar-refractivity contribution in [1.82, 2.24) is 0 Å². The van der Waals surface area contributed by atoms with Gasteiger partial charge in [-0.25, -0.2) is 16.8 Å². The molecular weight excluding hydrogens is 941 g/mol. The highest BCUT2D eigenvalue weighted by Crippen LogP contribution is 2.49. The zero-order chi connectivity index (χ0) is 51.1. The van der Waals surface area contributed by atoms with Crippen molar-refractivity contribution >= 4 is 48.6 Å². The monoisotopic (exact) mass is 1030 g/mol. The Labute approximate surface area is 436 Å². The van der Waals surface area contributed by atoms with E-state index in [0.717, 1.165) is 118 Å². The molecule has 2 heterocycles. The average Bonchev–Trinajstić information content (AvgIpc) is 3.56. The number of ether oxygens (including phenoxy) is 1. The van der Waals surface area contributed by atoms with Crippen molar-refractivity contribution in [2.75, 3.05) is 79.6 Å². The minimum absolute atomic E-state index is 0. The number of carbonyl (C=O) groups is 1. The maximum absolute atomic E-state index is 12.8. The molecule has 3 aromatic rings. The first-order valence-electron chi connectivity index (χ1n) is 24.4. The Morgan fingerprint density at radius 1 is 0.778 bits per heavy atom. The first-order valence-corrected chi connectivity index (χ1v) is 27.7. The van der Waals surface area contributed by atoms with Crippen LogP contribution in [0, 0.1) is 0 Å². The van der Waals surface area contributed by atoms with Crippen molar-refractivity contribution in [3.8, 4) is 0 Å². The average molecular weight is 1030 g/mol. The van der Waals surface area contributed by atoms with Gasteiger partial charge in [0.05, 0.1) is 77.0 Å². The highest BCUT2D eigenvalue weighted by Gasteiger charge is 2.45. The van der Waals surface area contributed by atoms with E-state index in [2.05, 4.69) is 128 Å². The van der Waals surface area contributed by atoms with Crippen LogP contribution in [0.4, 0.5) is 11.4 Å². The highest BCUT2D eigenvalue weighted by molar-refractivity contribution is 7.90. The van der Waals surface area contributed by atoms with Crippen LogP contribution in [0.25, 0.3) is 5.57 Å². The van der Waals surface area contributed by atoms with Gasteiger partial charge >= 0.3 is 5.97 Å². The molecule has 13 heteroatoms. The Morgan fingerprint density at radius 2 is 1.38 bits per heavy atom. The summed E-state index contributed by atoms with van der Waals surface area (Å²) in [5.41, 5.74) is 9.87. The summed E-state index contributed by atoms with van der Waals surface area (Å²) in [6.07, 6.45) is 15.5. The van der Waals surface area contributed by atoms with Crippen molar-refractivity contribution in [3.05, 3.63) is 124 Å². The smallest absolute Gasteiger partial charge is 0.306 e. The molecule has 0 unspecified atom stereocenters. The van der Waals surface area contributed by atoms with E-state index in [9.17, 15) is 26.2 Å². The van der Waals surface area contributed by atoms with E-state index in [-0.39, 0.29) is 39.6 Å². The van der Waals surface area contributed by atoms with Gasteiger partial charge in [0.2, 0.25) is 5.69 Å². The minimum atomic E-state index is -4.66. The topological polar surface area (TPSA) is 124 Å². The molecule has 0 radical (unpaired) electrons. The van der Waals surface area contributed by atoms with Crippen molar-refractivity contribution in [2.45, 2.75) is 142 Å².